The van der Waals surface area contributed by atoms with Gasteiger partial charge in [-0.2, -0.15) is 28.4 Å². The average Bonchev–Trinajstić information content (AvgIpc) is 3.63. The van der Waals surface area contributed by atoms with Crippen molar-refractivity contribution in [1.82, 2.24) is 19.8 Å². The summed E-state index contributed by atoms with van der Waals surface area (Å²) in [6, 6.07) is 4.92. The largest absolute Gasteiger partial charge is 0.455 e. The molecule has 9 nitrogen and oxygen atoms in total. The van der Waals surface area contributed by atoms with E-state index in [0.29, 0.717) is 43.6 Å². The third kappa shape index (κ3) is 5.67. The molecule has 44 heavy (non-hydrogen) atoms. The van der Waals surface area contributed by atoms with Gasteiger partial charge in [-0.1, -0.05) is 6.58 Å². The zero-order valence-corrected chi connectivity index (χ0v) is 24.6. The fourth-order valence-corrected chi connectivity index (χ4v) is 7.03. The highest BCUT2D eigenvalue weighted by molar-refractivity contribution is 5.87. The molecule has 0 radical (unpaired) electrons. The Morgan fingerprint density at radius 1 is 1.20 bits per heavy atom. The van der Waals surface area contributed by atoms with E-state index in [1.165, 1.54) is 12.1 Å². The summed E-state index contributed by atoms with van der Waals surface area (Å²) in [6.07, 6.45) is 0.793. The molecule has 2 atom stereocenters. The predicted octanol–water partition coefficient (Wildman–Crippen LogP) is 4.32. The first-order valence-corrected chi connectivity index (χ1v) is 15.0. The van der Waals surface area contributed by atoms with Crippen LogP contribution in [0, 0.1) is 17.1 Å². The molecular formula is C31H35F4N7O2. The molecule has 0 spiro atoms. The minimum Gasteiger partial charge on any atom is -0.455 e. The van der Waals surface area contributed by atoms with Gasteiger partial charge in [-0.25, -0.2) is 4.39 Å². The number of benzene rings is 1. The van der Waals surface area contributed by atoms with Gasteiger partial charge in [0.05, 0.1) is 36.3 Å². The maximum absolute atomic E-state index is 13.9. The van der Waals surface area contributed by atoms with Gasteiger partial charge < -0.3 is 19.4 Å². The zero-order chi connectivity index (χ0) is 31.2. The first-order valence-electron chi connectivity index (χ1n) is 15.0. The van der Waals surface area contributed by atoms with Gasteiger partial charge in [0.2, 0.25) is 5.91 Å². The molecule has 3 aliphatic heterocycles. The lowest BCUT2D eigenvalue weighted by molar-refractivity contribution is -0.137. The number of hydrogen-bond acceptors (Lipinski definition) is 8. The van der Waals surface area contributed by atoms with E-state index in [1.54, 1.807) is 9.80 Å². The number of likely N-dealkylation sites (tertiary alicyclic amines) is 1. The lowest BCUT2D eigenvalue weighted by atomic mass is 10.0. The third-order valence-electron chi connectivity index (χ3n) is 9.36. The van der Waals surface area contributed by atoms with Crippen molar-refractivity contribution >= 4 is 17.4 Å². The molecule has 4 aliphatic rings. The highest BCUT2D eigenvalue weighted by atomic mass is 19.4. The number of nitrogens with zero attached hydrogens (tertiary/aromatic N) is 7. The SMILES string of the molecule is C=CC(=O)N1CCN(c2nc(OC3(C4CCCN4C)CC3)nc3c2CCN(c2ccc(F)cc2C(F)(F)F)C3)CC1CC#N. The van der Waals surface area contributed by atoms with Gasteiger partial charge in [0, 0.05) is 43.5 Å². The minimum absolute atomic E-state index is 0.0583. The van der Waals surface area contributed by atoms with E-state index in [1.807, 2.05) is 4.90 Å². The molecule has 2 unspecified atom stereocenters. The Morgan fingerprint density at radius 3 is 2.66 bits per heavy atom. The minimum atomic E-state index is -4.73. The second kappa shape index (κ2) is 11.5. The van der Waals surface area contributed by atoms with Crippen LogP contribution in [0.25, 0.3) is 0 Å². The van der Waals surface area contributed by atoms with Crippen molar-refractivity contribution in [3.63, 3.8) is 0 Å². The van der Waals surface area contributed by atoms with Gasteiger partial charge in [-0.15, -0.1) is 0 Å². The number of nitriles is 1. The van der Waals surface area contributed by atoms with Crippen molar-refractivity contribution in [1.29, 1.82) is 5.26 Å². The van der Waals surface area contributed by atoms with Crippen LogP contribution in [-0.2, 0) is 23.9 Å². The zero-order valence-electron chi connectivity index (χ0n) is 24.6. The second-order valence-corrected chi connectivity index (χ2v) is 12.1. The summed E-state index contributed by atoms with van der Waals surface area (Å²) in [4.78, 5) is 29.7. The molecule has 234 valence electrons. The van der Waals surface area contributed by atoms with Gasteiger partial charge in [0.25, 0.3) is 0 Å². The summed E-state index contributed by atoms with van der Waals surface area (Å²) < 4.78 is 62.3. The van der Waals surface area contributed by atoms with Gasteiger partial charge in [-0.05, 0) is 70.0 Å². The maximum Gasteiger partial charge on any atom is 0.418 e. The fraction of sp³-hybridized carbons (Fsp3) is 0.548. The molecule has 1 saturated carbocycles. The summed E-state index contributed by atoms with van der Waals surface area (Å²) in [5, 5.41) is 9.49. The van der Waals surface area contributed by atoms with Crippen molar-refractivity contribution in [3.8, 4) is 12.1 Å². The highest BCUT2D eigenvalue weighted by Gasteiger charge is 2.55. The molecule has 1 aromatic heterocycles. The fourth-order valence-electron chi connectivity index (χ4n) is 7.03. The molecule has 1 aromatic carbocycles. The predicted molar refractivity (Wildman–Crippen MR) is 155 cm³/mol. The van der Waals surface area contributed by atoms with Crippen LogP contribution in [-0.4, -0.2) is 83.1 Å². The number of hydrogen-bond donors (Lipinski definition) is 0. The van der Waals surface area contributed by atoms with Gasteiger partial charge in [0.1, 0.15) is 17.2 Å². The van der Waals surface area contributed by atoms with E-state index in [2.05, 4.69) is 24.6 Å². The van der Waals surface area contributed by atoms with Crippen molar-refractivity contribution < 1.29 is 27.1 Å². The quantitative estimate of drug-likeness (QED) is 0.337. The molecule has 1 amide bonds. The number of halogens is 4. The lowest BCUT2D eigenvalue weighted by Gasteiger charge is -2.42. The number of carbonyl (C=O) groups is 1. The number of fused-ring (bicyclic) bond motifs is 1. The number of ether oxygens (including phenoxy) is 1. The Kier molecular flexibility index (Phi) is 7.90. The van der Waals surface area contributed by atoms with Crippen molar-refractivity contribution in [2.75, 3.05) is 49.6 Å². The molecule has 0 bridgehead atoms. The Morgan fingerprint density at radius 2 is 2.00 bits per heavy atom. The summed E-state index contributed by atoms with van der Waals surface area (Å²) in [6.45, 7) is 6.03. The highest BCUT2D eigenvalue weighted by Crippen LogP contribution is 2.48. The number of anilines is 2. The van der Waals surface area contributed by atoms with E-state index < -0.39 is 23.2 Å². The molecule has 6 rings (SSSR count). The van der Waals surface area contributed by atoms with Gasteiger partial charge in [-0.3, -0.25) is 9.69 Å². The van der Waals surface area contributed by atoms with Crippen LogP contribution in [0.4, 0.5) is 29.1 Å². The number of carbonyl (C=O) groups excluding carboxylic acids is 1. The molecule has 0 N–H and O–H groups in total. The summed E-state index contributed by atoms with van der Waals surface area (Å²) in [5.74, 6) is -0.583. The van der Waals surface area contributed by atoms with Crippen LogP contribution in [0.15, 0.2) is 30.9 Å². The van der Waals surface area contributed by atoms with Crippen LogP contribution in [0.5, 0.6) is 6.01 Å². The normalized spacial score (nSPS) is 23.2. The van der Waals surface area contributed by atoms with Gasteiger partial charge in [0.15, 0.2) is 0 Å². The second-order valence-electron chi connectivity index (χ2n) is 12.1. The van der Waals surface area contributed by atoms with Crippen LogP contribution in [0.2, 0.25) is 0 Å². The number of likely N-dealkylation sites (N-methyl/N-ethyl adjacent to an activating group) is 1. The van der Waals surface area contributed by atoms with E-state index in [0.717, 1.165) is 43.9 Å². The van der Waals surface area contributed by atoms with Crippen molar-refractivity contribution in [2.24, 2.45) is 0 Å². The Balaban J connectivity index is 1.37. The van der Waals surface area contributed by atoms with E-state index in [9.17, 15) is 27.6 Å². The maximum atomic E-state index is 13.9. The summed E-state index contributed by atoms with van der Waals surface area (Å²) in [5.41, 5.74) is -0.208. The standard InChI is InChI=1S/C31H35F4N7O2/c1-3-27(43)42-16-15-41(18-21(42)8-12-36)28-22-9-14-40(25-7-6-20(32)17-23(25)31(33,34)35)19-24(22)37-29(38-28)44-30(10-11-30)26-5-4-13-39(26)2/h3,6-7,17,21,26H,1,4-5,8-11,13-16,18-19H2,2H3. The smallest absolute Gasteiger partial charge is 0.418 e. The molecule has 13 heteroatoms. The first kappa shape index (κ1) is 30.1. The summed E-state index contributed by atoms with van der Waals surface area (Å²) in [7, 11) is 2.08. The van der Waals surface area contributed by atoms with Gasteiger partial charge >= 0.3 is 12.2 Å². The van der Waals surface area contributed by atoms with Crippen LogP contribution in [0.3, 0.4) is 0 Å². The van der Waals surface area contributed by atoms with Crippen LogP contribution >= 0.6 is 0 Å². The van der Waals surface area contributed by atoms with Crippen molar-refractivity contribution in [3.05, 3.63) is 53.5 Å². The first-order chi connectivity index (χ1) is 21.0. The molecule has 3 fully saturated rings. The number of piperazine rings is 1. The molecule has 4 heterocycles. The van der Waals surface area contributed by atoms with Crippen LogP contribution < -0.4 is 14.5 Å². The molecule has 1 aliphatic carbocycles. The number of aromatic nitrogens is 2. The average molecular weight is 614 g/mol. The Labute approximate surface area is 253 Å². The Hall–Kier alpha value is -3.92. The number of amides is 1. The monoisotopic (exact) mass is 613 g/mol. The molecule has 2 aromatic rings. The van der Waals surface area contributed by atoms with Crippen molar-refractivity contribution in [2.45, 2.75) is 68.9 Å². The van der Waals surface area contributed by atoms with E-state index >= 15 is 0 Å². The molecule has 2 saturated heterocycles. The third-order valence-corrected chi connectivity index (χ3v) is 9.36. The lowest BCUT2D eigenvalue weighted by Crippen LogP contribution is -2.55. The van der Waals surface area contributed by atoms with Crippen LogP contribution in [0.1, 0.15) is 48.9 Å². The number of rotatable bonds is 7. The van der Waals surface area contributed by atoms with E-state index in [4.69, 9.17) is 14.7 Å². The topological polar surface area (TPSA) is 88.8 Å². The summed E-state index contributed by atoms with van der Waals surface area (Å²) >= 11 is 0. The van der Waals surface area contributed by atoms with E-state index in [-0.39, 0.29) is 49.2 Å². The number of alkyl halides is 3. The Bertz CT molecular complexity index is 1490. The molecular weight excluding hydrogens is 578 g/mol.